The Morgan fingerprint density at radius 3 is 2.50 bits per heavy atom. The summed E-state index contributed by atoms with van der Waals surface area (Å²) in [5.74, 6) is 0.320. The van der Waals surface area contributed by atoms with Gasteiger partial charge >= 0.3 is 0 Å². The Hall–Kier alpha value is -2.82. The Balaban J connectivity index is 1.72. The molecular formula is C23H22ClNO3. The highest BCUT2D eigenvalue weighted by atomic mass is 35.5. The van der Waals surface area contributed by atoms with Gasteiger partial charge in [-0.2, -0.15) is 0 Å². The number of carbonyl (C=O) groups excluding carboxylic acids is 1. The van der Waals surface area contributed by atoms with Crippen LogP contribution in [0.25, 0.3) is 0 Å². The summed E-state index contributed by atoms with van der Waals surface area (Å²) in [5.41, 5.74) is 4.00. The Kier molecular flexibility index (Phi) is 6.34. The van der Waals surface area contributed by atoms with E-state index in [-0.39, 0.29) is 12.5 Å². The van der Waals surface area contributed by atoms with Crippen LogP contribution in [0.5, 0.6) is 5.75 Å². The van der Waals surface area contributed by atoms with E-state index in [4.69, 9.17) is 16.3 Å². The summed E-state index contributed by atoms with van der Waals surface area (Å²) in [6, 6.07) is 19.9. The third-order valence-corrected chi connectivity index (χ3v) is 4.78. The number of aliphatic hydroxyl groups excluding tert-OH is 1. The lowest BCUT2D eigenvalue weighted by Gasteiger charge is -2.17. The molecule has 3 aromatic carbocycles. The number of carbonyl (C=O) groups is 1. The number of hydrogen-bond acceptors (Lipinski definition) is 3. The number of benzene rings is 3. The van der Waals surface area contributed by atoms with Crippen molar-refractivity contribution in [3.63, 3.8) is 0 Å². The van der Waals surface area contributed by atoms with E-state index in [1.54, 1.807) is 18.2 Å². The molecular weight excluding hydrogens is 374 g/mol. The Morgan fingerprint density at radius 2 is 1.79 bits per heavy atom. The lowest BCUT2D eigenvalue weighted by atomic mass is 10.00. The summed E-state index contributed by atoms with van der Waals surface area (Å²) in [7, 11) is 0. The number of aryl methyl sites for hydroxylation is 2. The van der Waals surface area contributed by atoms with Crippen LogP contribution in [0.4, 0.5) is 5.69 Å². The van der Waals surface area contributed by atoms with Gasteiger partial charge in [0.1, 0.15) is 11.9 Å². The lowest BCUT2D eigenvalue weighted by molar-refractivity contribution is -0.118. The van der Waals surface area contributed by atoms with E-state index in [1.165, 1.54) is 0 Å². The minimum absolute atomic E-state index is 0.133. The van der Waals surface area contributed by atoms with Crippen molar-refractivity contribution >= 4 is 23.2 Å². The molecule has 3 rings (SSSR count). The second kappa shape index (κ2) is 8.91. The van der Waals surface area contributed by atoms with Crippen LogP contribution in [-0.2, 0) is 4.79 Å². The van der Waals surface area contributed by atoms with Crippen molar-refractivity contribution in [2.75, 3.05) is 11.9 Å². The van der Waals surface area contributed by atoms with Crippen molar-refractivity contribution in [3.8, 4) is 5.75 Å². The predicted octanol–water partition coefficient (Wildman–Crippen LogP) is 5.06. The zero-order valence-corrected chi connectivity index (χ0v) is 16.5. The minimum atomic E-state index is -0.907. The van der Waals surface area contributed by atoms with Crippen LogP contribution in [0.3, 0.4) is 0 Å². The number of amides is 1. The molecule has 1 amide bonds. The van der Waals surface area contributed by atoms with Gasteiger partial charge in [-0.15, -0.1) is 0 Å². The van der Waals surface area contributed by atoms with Gasteiger partial charge in [0.2, 0.25) is 0 Å². The van der Waals surface area contributed by atoms with Crippen molar-refractivity contribution in [3.05, 3.63) is 94.0 Å². The molecule has 4 nitrogen and oxygen atoms in total. The number of halogens is 1. The first-order chi connectivity index (χ1) is 13.4. The Bertz CT molecular complexity index is 973. The minimum Gasteiger partial charge on any atom is -0.484 e. The van der Waals surface area contributed by atoms with Crippen molar-refractivity contribution in [1.29, 1.82) is 0 Å². The molecule has 5 heteroatoms. The van der Waals surface area contributed by atoms with Crippen molar-refractivity contribution in [2.24, 2.45) is 0 Å². The average Bonchev–Trinajstić information content (AvgIpc) is 2.70. The van der Waals surface area contributed by atoms with Crippen LogP contribution >= 0.6 is 11.6 Å². The molecule has 0 radical (unpaired) electrons. The van der Waals surface area contributed by atoms with Gasteiger partial charge in [0.15, 0.2) is 6.61 Å². The summed E-state index contributed by atoms with van der Waals surface area (Å²) in [5, 5.41) is 14.0. The van der Waals surface area contributed by atoms with Gasteiger partial charge in [-0.25, -0.2) is 0 Å². The maximum Gasteiger partial charge on any atom is 0.262 e. The highest BCUT2D eigenvalue weighted by molar-refractivity contribution is 6.30. The van der Waals surface area contributed by atoms with Crippen molar-refractivity contribution in [1.82, 2.24) is 0 Å². The van der Waals surface area contributed by atoms with Crippen LogP contribution in [0, 0.1) is 13.8 Å². The van der Waals surface area contributed by atoms with E-state index in [0.29, 0.717) is 27.6 Å². The van der Waals surface area contributed by atoms with Crippen molar-refractivity contribution < 1.29 is 14.6 Å². The number of rotatable bonds is 6. The Morgan fingerprint density at radius 1 is 1.04 bits per heavy atom. The van der Waals surface area contributed by atoms with Gasteiger partial charge in [-0.1, -0.05) is 48.0 Å². The van der Waals surface area contributed by atoms with Crippen LogP contribution in [0.2, 0.25) is 5.02 Å². The number of nitrogens with one attached hydrogen (secondary N) is 1. The molecule has 0 saturated carbocycles. The van der Waals surface area contributed by atoms with E-state index in [1.807, 2.05) is 62.4 Å². The first-order valence-corrected chi connectivity index (χ1v) is 9.34. The van der Waals surface area contributed by atoms with E-state index in [0.717, 1.165) is 11.1 Å². The maximum atomic E-state index is 12.4. The van der Waals surface area contributed by atoms with Crippen LogP contribution in [0.1, 0.15) is 28.4 Å². The van der Waals surface area contributed by atoms with Gasteiger partial charge in [0.25, 0.3) is 5.91 Å². The zero-order valence-electron chi connectivity index (χ0n) is 15.8. The van der Waals surface area contributed by atoms with Gasteiger partial charge in [0.05, 0.1) is 0 Å². The second-order valence-electron chi connectivity index (χ2n) is 6.63. The third-order valence-electron chi connectivity index (χ3n) is 4.55. The molecule has 0 aliphatic rings. The van der Waals surface area contributed by atoms with Crippen molar-refractivity contribution in [2.45, 2.75) is 20.0 Å². The molecule has 2 N–H and O–H groups in total. The number of hydrogen-bond donors (Lipinski definition) is 2. The molecule has 0 fully saturated rings. The SMILES string of the molecule is Cc1ccc(OCC(=O)Nc2ccc(Cl)cc2C(O)c2ccccc2)cc1C. The molecule has 3 aromatic rings. The molecule has 0 bridgehead atoms. The Labute approximate surface area is 169 Å². The highest BCUT2D eigenvalue weighted by Gasteiger charge is 2.17. The number of ether oxygens (including phenoxy) is 1. The van der Waals surface area contributed by atoms with Crippen LogP contribution in [0.15, 0.2) is 66.7 Å². The van der Waals surface area contributed by atoms with E-state index in [2.05, 4.69) is 5.32 Å². The first-order valence-electron chi connectivity index (χ1n) is 8.96. The normalized spacial score (nSPS) is 11.7. The number of aliphatic hydroxyl groups is 1. The predicted molar refractivity (Wildman–Crippen MR) is 112 cm³/mol. The fourth-order valence-corrected chi connectivity index (χ4v) is 3.01. The molecule has 1 atom stereocenters. The summed E-state index contributed by atoms with van der Waals surface area (Å²) >= 11 is 6.11. The van der Waals surface area contributed by atoms with Gasteiger partial charge < -0.3 is 15.2 Å². The van der Waals surface area contributed by atoms with Gasteiger partial charge in [0, 0.05) is 16.3 Å². The quantitative estimate of drug-likeness (QED) is 0.613. The summed E-state index contributed by atoms with van der Waals surface area (Å²) in [6.45, 7) is 3.88. The topological polar surface area (TPSA) is 58.6 Å². The van der Waals surface area contributed by atoms with Crippen LogP contribution in [-0.4, -0.2) is 17.6 Å². The molecule has 0 spiro atoms. The lowest BCUT2D eigenvalue weighted by Crippen LogP contribution is -2.21. The molecule has 28 heavy (non-hydrogen) atoms. The standard InChI is InChI=1S/C23H22ClNO3/c1-15-8-10-19(12-16(15)2)28-14-22(26)25-21-11-9-18(24)13-20(21)23(27)17-6-4-3-5-7-17/h3-13,23,27H,14H2,1-2H3,(H,25,26). The molecule has 0 aliphatic heterocycles. The summed E-state index contributed by atoms with van der Waals surface area (Å²) in [6.07, 6.45) is -0.907. The largest absolute Gasteiger partial charge is 0.484 e. The van der Waals surface area contributed by atoms with E-state index < -0.39 is 6.10 Å². The van der Waals surface area contributed by atoms with Gasteiger partial charge in [-0.05, 0) is 60.9 Å². The molecule has 0 heterocycles. The van der Waals surface area contributed by atoms with E-state index in [9.17, 15) is 9.90 Å². The maximum absolute atomic E-state index is 12.4. The zero-order chi connectivity index (χ0) is 20.1. The fraction of sp³-hybridized carbons (Fsp3) is 0.174. The van der Waals surface area contributed by atoms with Gasteiger partial charge in [-0.3, -0.25) is 4.79 Å². The van der Waals surface area contributed by atoms with E-state index >= 15 is 0 Å². The smallest absolute Gasteiger partial charge is 0.262 e. The number of anilines is 1. The molecule has 0 saturated heterocycles. The summed E-state index contributed by atoms with van der Waals surface area (Å²) < 4.78 is 5.58. The highest BCUT2D eigenvalue weighted by Crippen LogP contribution is 2.31. The monoisotopic (exact) mass is 395 g/mol. The second-order valence-corrected chi connectivity index (χ2v) is 7.06. The fourth-order valence-electron chi connectivity index (χ4n) is 2.83. The molecule has 144 valence electrons. The third kappa shape index (κ3) is 4.91. The first kappa shape index (κ1) is 19.9. The molecule has 0 aliphatic carbocycles. The summed E-state index contributed by atoms with van der Waals surface area (Å²) in [4.78, 5) is 12.4. The average molecular weight is 396 g/mol. The molecule has 1 unspecified atom stereocenters. The van der Waals surface area contributed by atoms with Crippen LogP contribution < -0.4 is 10.1 Å². The molecule has 0 aromatic heterocycles.